The minimum absolute atomic E-state index is 0.306. The van der Waals surface area contributed by atoms with Gasteiger partial charge in [-0.1, -0.05) is 18.2 Å². The molecule has 0 spiro atoms. The smallest absolute Gasteiger partial charge is 0.229 e. The Morgan fingerprint density at radius 3 is 2.77 bits per heavy atom. The molecule has 22 heavy (non-hydrogen) atoms. The number of nitrogens with zero attached hydrogens (tertiary/aromatic N) is 1. The van der Waals surface area contributed by atoms with Gasteiger partial charge in [-0.05, 0) is 63.1 Å². The first-order chi connectivity index (χ1) is 10.5. The highest BCUT2D eigenvalue weighted by Crippen LogP contribution is 2.34. The quantitative estimate of drug-likeness (QED) is 0.926. The number of hydrogen-bond donors (Lipinski definition) is 1. The molecule has 1 unspecified atom stereocenters. The topological polar surface area (TPSA) is 32.3 Å². The monoisotopic (exact) mass is 300 g/mol. The third-order valence-electron chi connectivity index (χ3n) is 5.23. The summed E-state index contributed by atoms with van der Waals surface area (Å²) in [7, 11) is 0. The maximum absolute atomic E-state index is 12.7. The van der Waals surface area contributed by atoms with Gasteiger partial charge in [0.1, 0.15) is 0 Å². The highest BCUT2D eigenvalue weighted by molar-refractivity contribution is 5.82. The van der Waals surface area contributed by atoms with E-state index in [4.69, 9.17) is 0 Å². The van der Waals surface area contributed by atoms with Gasteiger partial charge < -0.3 is 10.2 Å². The molecule has 1 amide bonds. The van der Waals surface area contributed by atoms with Gasteiger partial charge >= 0.3 is 0 Å². The standard InChI is InChI=1S/C19H28N2O/c1-14-7-6-8-15-9-10-16(17(14)15)20-13-19(2,3)18(22)21-11-4-5-12-21/h6-8,16,20H,4-5,9-13H2,1-3H3. The van der Waals surface area contributed by atoms with Gasteiger partial charge in [0.15, 0.2) is 0 Å². The molecule has 1 aromatic rings. The minimum Gasteiger partial charge on any atom is -0.342 e. The SMILES string of the molecule is Cc1cccc2c1C(NCC(C)(C)C(=O)N1CCCC1)CC2. The summed E-state index contributed by atoms with van der Waals surface area (Å²) in [6.45, 7) is 8.98. The van der Waals surface area contributed by atoms with Crippen LogP contribution in [0.15, 0.2) is 18.2 Å². The largest absolute Gasteiger partial charge is 0.342 e. The van der Waals surface area contributed by atoms with Gasteiger partial charge in [-0.25, -0.2) is 0 Å². The predicted octanol–water partition coefficient (Wildman–Crippen LogP) is 3.22. The van der Waals surface area contributed by atoms with Crippen LogP contribution in [0.25, 0.3) is 0 Å². The van der Waals surface area contributed by atoms with Crippen molar-refractivity contribution >= 4 is 5.91 Å². The van der Waals surface area contributed by atoms with Crippen molar-refractivity contribution in [2.75, 3.05) is 19.6 Å². The van der Waals surface area contributed by atoms with E-state index in [1.54, 1.807) is 0 Å². The molecular formula is C19H28N2O. The zero-order valence-electron chi connectivity index (χ0n) is 14.1. The number of carbonyl (C=O) groups excluding carboxylic acids is 1. The molecule has 0 bridgehead atoms. The zero-order valence-corrected chi connectivity index (χ0v) is 14.1. The molecule has 0 radical (unpaired) electrons. The molecule has 2 aliphatic rings. The summed E-state index contributed by atoms with van der Waals surface area (Å²) in [6.07, 6.45) is 4.61. The number of nitrogens with one attached hydrogen (secondary N) is 1. The van der Waals surface area contributed by atoms with Crippen LogP contribution in [0.3, 0.4) is 0 Å². The first-order valence-corrected chi connectivity index (χ1v) is 8.60. The second-order valence-electron chi connectivity index (χ2n) is 7.50. The first-order valence-electron chi connectivity index (χ1n) is 8.60. The third-order valence-corrected chi connectivity index (χ3v) is 5.23. The molecule has 0 aromatic heterocycles. The molecule has 1 heterocycles. The third kappa shape index (κ3) is 2.91. The average Bonchev–Trinajstić information content (AvgIpc) is 3.14. The predicted molar refractivity (Wildman–Crippen MR) is 89.8 cm³/mol. The molecule has 1 N–H and O–H groups in total. The van der Waals surface area contributed by atoms with Crippen molar-refractivity contribution in [3.63, 3.8) is 0 Å². The summed E-state index contributed by atoms with van der Waals surface area (Å²) < 4.78 is 0. The highest BCUT2D eigenvalue weighted by Gasteiger charge is 2.34. The number of amides is 1. The maximum atomic E-state index is 12.7. The van der Waals surface area contributed by atoms with E-state index in [1.807, 2.05) is 4.90 Å². The van der Waals surface area contributed by atoms with E-state index in [1.165, 1.54) is 16.7 Å². The van der Waals surface area contributed by atoms with Gasteiger partial charge in [0.2, 0.25) is 5.91 Å². The van der Waals surface area contributed by atoms with Gasteiger partial charge in [0, 0.05) is 25.7 Å². The number of benzene rings is 1. The van der Waals surface area contributed by atoms with Gasteiger partial charge in [-0.2, -0.15) is 0 Å². The van der Waals surface area contributed by atoms with Crippen molar-refractivity contribution < 1.29 is 4.79 Å². The molecule has 3 rings (SSSR count). The van der Waals surface area contributed by atoms with Crippen LogP contribution in [0, 0.1) is 12.3 Å². The lowest BCUT2D eigenvalue weighted by atomic mass is 9.90. The van der Waals surface area contributed by atoms with Crippen LogP contribution >= 0.6 is 0 Å². The van der Waals surface area contributed by atoms with Crippen molar-refractivity contribution in [2.45, 2.75) is 52.5 Å². The normalized spacial score (nSPS) is 21.2. The Hall–Kier alpha value is -1.35. The van der Waals surface area contributed by atoms with Crippen LogP contribution in [0.4, 0.5) is 0 Å². The lowest BCUT2D eigenvalue weighted by molar-refractivity contribution is -0.139. The fraction of sp³-hybridized carbons (Fsp3) is 0.632. The molecule has 1 fully saturated rings. The number of aryl methyl sites for hydroxylation is 2. The van der Waals surface area contributed by atoms with E-state index in [9.17, 15) is 4.79 Å². The van der Waals surface area contributed by atoms with Crippen molar-refractivity contribution in [1.29, 1.82) is 0 Å². The summed E-state index contributed by atoms with van der Waals surface area (Å²) in [6, 6.07) is 6.99. The van der Waals surface area contributed by atoms with Crippen LogP contribution in [-0.4, -0.2) is 30.4 Å². The molecule has 1 aliphatic heterocycles. The zero-order chi connectivity index (χ0) is 15.7. The van der Waals surface area contributed by atoms with Crippen LogP contribution in [0.1, 0.15) is 55.8 Å². The molecule has 1 atom stereocenters. The average molecular weight is 300 g/mol. The van der Waals surface area contributed by atoms with Crippen molar-refractivity contribution in [1.82, 2.24) is 10.2 Å². The summed E-state index contributed by atoms with van der Waals surface area (Å²) in [5.74, 6) is 0.306. The Morgan fingerprint density at radius 1 is 1.32 bits per heavy atom. The Balaban J connectivity index is 1.65. The molecule has 1 aromatic carbocycles. The van der Waals surface area contributed by atoms with Crippen LogP contribution < -0.4 is 5.32 Å². The van der Waals surface area contributed by atoms with Crippen LogP contribution in [-0.2, 0) is 11.2 Å². The summed E-state index contributed by atoms with van der Waals surface area (Å²) in [4.78, 5) is 14.7. The molecule has 0 saturated carbocycles. The number of likely N-dealkylation sites (tertiary alicyclic amines) is 1. The van der Waals surface area contributed by atoms with Crippen molar-refractivity contribution in [3.8, 4) is 0 Å². The lowest BCUT2D eigenvalue weighted by Crippen LogP contribution is -2.45. The fourth-order valence-electron chi connectivity index (χ4n) is 3.91. The van der Waals surface area contributed by atoms with Gasteiger partial charge in [0.05, 0.1) is 5.41 Å². The Morgan fingerprint density at radius 2 is 2.05 bits per heavy atom. The molecule has 3 nitrogen and oxygen atoms in total. The van der Waals surface area contributed by atoms with E-state index >= 15 is 0 Å². The number of carbonyl (C=O) groups is 1. The molecule has 1 saturated heterocycles. The van der Waals surface area contributed by atoms with E-state index in [2.05, 4.69) is 44.3 Å². The Bertz CT molecular complexity index is 559. The second-order valence-corrected chi connectivity index (χ2v) is 7.50. The Kier molecular flexibility index (Phi) is 4.26. The van der Waals surface area contributed by atoms with E-state index < -0.39 is 0 Å². The minimum atomic E-state index is -0.324. The first kappa shape index (κ1) is 15.5. The molecule has 3 heteroatoms. The highest BCUT2D eigenvalue weighted by atomic mass is 16.2. The van der Waals surface area contributed by atoms with Crippen LogP contribution in [0.5, 0.6) is 0 Å². The lowest BCUT2D eigenvalue weighted by Gasteiger charge is -2.31. The summed E-state index contributed by atoms with van der Waals surface area (Å²) in [5.41, 5.74) is 3.99. The second kappa shape index (κ2) is 6.04. The number of hydrogen-bond acceptors (Lipinski definition) is 2. The molecular weight excluding hydrogens is 272 g/mol. The van der Waals surface area contributed by atoms with Gasteiger partial charge in [0.25, 0.3) is 0 Å². The fourth-order valence-corrected chi connectivity index (χ4v) is 3.91. The Labute approximate surface area is 134 Å². The summed E-state index contributed by atoms with van der Waals surface area (Å²) >= 11 is 0. The molecule has 1 aliphatic carbocycles. The number of fused-ring (bicyclic) bond motifs is 1. The number of rotatable bonds is 4. The maximum Gasteiger partial charge on any atom is 0.229 e. The van der Waals surface area contributed by atoms with Crippen LogP contribution in [0.2, 0.25) is 0 Å². The van der Waals surface area contributed by atoms with Gasteiger partial charge in [-0.3, -0.25) is 4.79 Å². The van der Waals surface area contributed by atoms with E-state index in [0.717, 1.165) is 45.3 Å². The van der Waals surface area contributed by atoms with Gasteiger partial charge in [-0.15, -0.1) is 0 Å². The van der Waals surface area contributed by atoms with E-state index in [0.29, 0.717) is 11.9 Å². The van der Waals surface area contributed by atoms with E-state index in [-0.39, 0.29) is 5.41 Å². The van der Waals surface area contributed by atoms with Crippen molar-refractivity contribution in [3.05, 3.63) is 34.9 Å². The summed E-state index contributed by atoms with van der Waals surface area (Å²) in [5, 5.41) is 3.68. The van der Waals surface area contributed by atoms with Crippen molar-refractivity contribution in [2.24, 2.45) is 5.41 Å². The molecule has 120 valence electrons.